The lowest BCUT2D eigenvalue weighted by Crippen LogP contribution is -2.08. The van der Waals surface area contributed by atoms with Crippen LogP contribution < -0.4 is 5.73 Å². The fourth-order valence-corrected chi connectivity index (χ4v) is 2.57. The summed E-state index contributed by atoms with van der Waals surface area (Å²) in [7, 11) is 0. The van der Waals surface area contributed by atoms with Gasteiger partial charge in [0.2, 0.25) is 0 Å². The molecule has 3 rings (SSSR count). The van der Waals surface area contributed by atoms with Crippen LogP contribution in [0.5, 0.6) is 0 Å². The third kappa shape index (κ3) is 2.01. The van der Waals surface area contributed by atoms with Gasteiger partial charge >= 0.3 is 0 Å². The molecule has 1 aliphatic rings. The average Bonchev–Trinajstić information content (AvgIpc) is 2.31. The Labute approximate surface area is 109 Å². The molecular formula is C17H19N. The molecule has 1 saturated carbocycles. The summed E-state index contributed by atoms with van der Waals surface area (Å²) in [6.07, 6.45) is 4.09. The summed E-state index contributed by atoms with van der Waals surface area (Å²) in [6, 6.07) is 15.3. The molecule has 0 saturated heterocycles. The van der Waals surface area contributed by atoms with E-state index in [0.29, 0.717) is 0 Å². The molecule has 2 aromatic carbocycles. The van der Waals surface area contributed by atoms with Crippen LogP contribution in [0.25, 0.3) is 11.1 Å². The quantitative estimate of drug-likeness (QED) is 0.764. The van der Waals surface area contributed by atoms with Crippen molar-refractivity contribution in [3.8, 4) is 11.1 Å². The number of benzene rings is 2. The van der Waals surface area contributed by atoms with Crippen LogP contribution in [0.1, 0.15) is 36.3 Å². The summed E-state index contributed by atoms with van der Waals surface area (Å²) < 4.78 is 0. The molecular weight excluding hydrogens is 218 g/mol. The second-order valence-corrected chi connectivity index (χ2v) is 5.32. The Hall–Kier alpha value is -1.76. The van der Waals surface area contributed by atoms with Gasteiger partial charge in [-0.25, -0.2) is 0 Å². The summed E-state index contributed by atoms with van der Waals surface area (Å²) in [5, 5.41) is 0. The Bertz CT molecular complexity index is 568. The normalized spacial score (nSPS) is 15.4. The van der Waals surface area contributed by atoms with E-state index in [9.17, 15) is 0 Å². The summed E-state index contributed by atoms with van der Waals surface area (Å²) in [6.45, 7) is 2.06. The SMILES string of the molecule is Cc1cc(-c2cccc(C3CCC3)c2)ccc1N. The van der Waals surface area contributed by atoms with Crippen LogP contribution in [0.4, 0.5) is 5.69 Å². The molecule has 1 heteroatoms. The third-order valence-electron chi connectivity index (χ3n) is 4.07. The van der Waals surface area contributed by atoms with Gasteiger partial charge < -0.3 is 5.73 Å². The van der Waals surface area contributed by atoms with Gasteiger partial charge in [-0.2, -0.15) is 0 Å². The Balaban J connectivity index is 1.97. The number of aryl methyl sites for hydroxylation is 1. The monoisotopic (exact) mass is 237 g/mol. The van der Waals surface area contributed by atoms with Crippen molar-refractivity contribution in [2.24, 2.45) is 0 Å². The van der Waals surface area contributed by atoms with Crippen molar-refractivity contribution in [3.05, 3.63) is 53.6 Å². The van der Waals surface area contributed by atoms with Crippen molar-refractivity contribution in [2.45, 2.75) is 32.1 Å². The van der Waals surface area contributed by atoms with E-state index in [1.807, 2.05) is 6.07 Å². The molecule has 0 atom stereocenters. The van der Waals surface area contributed by atoms with Crippen LogP contribution in [0.3, 0.4) is 0 Å². The van der Waals surface area contributed by atoms with E-state index in [4.69, 9.17) is 5.73 Å². The van der Waals surface area contributed by atoms with Crippen molar-refractivity contribution in [1.29, 1.82) is 0 Å². The molecule has 0 spiro atoms. The summed E-state index contributed by atoms with van der Waals surface area (Å²) >= 11 is 0. The minimum atomic E-state index is 0.792. The van der Waals surface area contributed by atoms with Crippen LogP contribution in [-0.2, 0) is 0 Å². The zero-order chi connectivity index (χ0) is 12.5. The van der Waals surface area contributed by atoms with Crippen LogP contribution in [0.2, 0.25) is 0 Å². The molecule has 1 nitrogen and oxygen atoms in total. The zero-order valence-corrected chi connectivity index (χ0v) is 10.8. The number of anilines is 1. The lowest BCUT2D eigenvalue weighted by atomic mass is 9.79. The average molecular weight is 237 g/mol. The number of hydrogen-bond donors (Lipinski definition) is 1. The van der Waals surface area contributed by atoms with Gasteiger partial charge in [0.15, 0.2) is 0 Å². The highest BCUT2D eigenvalue weighted by Gasteiger charge is 2.19. The second kappa shape index (κ2) is 4.49. The highest BCUT2D eigenvalue weighted by atomic mass is 14.5. The summed E-state index contributed by atoms with van der Waals surface area (Å²) in [4.78, 5) is 0. The predicted octanol–water partition coefficient (Wildman–Crippen LogP) is 4.51. The van der Waals surface area contributed by atoms with E-state index >= 15 is 0 Å². The molecule has 0 unspecified atom stereocenters. The highest BCUT2D eigenvalue weighted by molar-refractivity contribution is 5.68. The Morgan fingerprint density at radius 3 is 2.44 bits per heavy atom. The van der Waals surface area contributed by atoms with E-state index in [0.717, 1.165) is 17.2 Å². The molecule has 2 N–H and O–H groups in total. The Morgan fingerprint density at radius 2 is 1.78 bits per heavy atom. The first kappa shape index (κ1) is 11.3. The Kier molecular flexibility index (Phi) is 2.83. The van der Waals surface area contributed by atoms with Crippen LogP contribution in [-0.4, -0.2) is 0 Å². The van der Waals surface area contributed by atoms with Gasteiger partial charge in [0.1, 0.15) is 0 Å². The molecule has 0 radical (unpaired) electrons. The zero-order valence-electron chi connectivity index (χ0n) is 10.8. The first-order chi connectivity index (χ1) is 8.74. The van der Waals surface area contributed by atoms with Crippen molar-refractivity contribution < 1.29 is 0 Å². The molecule has 0 aliphatic heterocycles. The van der Waals surface area contributed by atoms with Gasteiger partial charge in [-0.1, -0.05) is 36.8 Å². The van der Waals surface area contributed by atoms with E-state index < -0.39 is 0 Å². The fourth-order valence-electron chi connectivity index (χ4n) is 2.57. The molecule has 2 aromatic rings. The minimum absolute atomic E-state index is 0.792. The maximum atomic E-state index is 5.88. The predicted molar refractivity (Wildman–Crippen MR) is 77.6 cm³/mol. The van der Waals surface area contributed by atoms with Crippen LogP contribution in [0.15, 0.2) is 42.5 Å². The van der Waals surface area contributed by atoms with Crippen molar-refractivity contribution in [1.82, 2.24) is 0 Å². The minimum Gasteiger partial charge on any atom is -0.399 e. The van der Waals surface area contributed by atoms with Crippen molar-refractivity contribution in [2.75, 3.05) is 5.73 Å². The smallest absolute Gasteiger partial charge is 0.0344 e. The lowest BCUT2D eigenvalue weighted by Gasteiger charge is -2.26. The van der Waals surface area contributed by atoms with E-state index in [2.05, 4.69) is 43.3 Å². The first-order valence-electron chi connectivity index (χ1n) is 6.70. The van der Waals surface area contributed by atoms with Crippen LogP contribution in [0, 0.1) is 6.92 Å². The number of rotatable bonds is 2. The van der Waals surface area contributed by atoms with Gasteiger partial charge in [0.25, 0.3) is 0 Å². The molecule has 0 heterocycles. The molecule has 92 valence electrons. The largest absolute Gasteiger partial charge is 0.399 e. The first-order valence-corrected chi connectivity index (χ1v) is 6.70. The molecule has 0 aromatic heterocycles. The molecule has 0 bridgehead atoms. The number of nitrogen functional groups attached to an aromatic ring is 1. The molecule has 1 aliphatic carbocycles. The number of hydrogen-bond acceptors (Lipinski definition) is 1. The fraction of sp³-hybridized carbons (Fsp3) is 0.294. The van der Waals surface area contributed by atoms with E-state index in [1.54, 1.807) is 0 Å². The van der Waals surface area contributed by atoms with Crippen molar-refractivity contribution in [3.63, 3.8) is 0 Å². The standard InChI is InChI=1S/C17H19N/c1-12-10-16(8-9-17(12)18)15-7-3-6-14(11-15)13-4-2-5-13/h3,6-11,13H,2,4-5,18H2,1H3. The van der Waals surface area contributed by atoms with Crippen molar-refractivity contribution >= 4 is 5.69 Å². The maximum absolute atomic E-state index is 5.88. The molecule has 1 fully saturated rings. The summed E-state index contributed by atoms with van der Waals surface area (Å²) in [5.41, 5.74) is 12.0. The maximum Gasteiger partial charge on any atom is 0.0344 e. The second-order valence-electron chi connectivity index (χ2n) is 5.32. The van der Waals surface area contributed by atoms with Gasteiger partial charge in [0.05, 0.1) is 0 Å². The van der Waals surface area contributed by atoms with Gasteiger partial charge in [-0.05, 0) is 60.1 Å². The lowest BCUT2D eigenvalue weighted by molar-refractivity contribution is 0.420. The highest BCUT2D eigenvalue weighted by Crippen LogP contribution is 2.37. The van der Waals surface area contributed by atoms with E-state index in [-0.39, 0.29) is 0 Å². The third-order valence-corrected chi connectivity index (χ3v) is 4.07. The van der Waals surface area contributed by atoms with Gasteiger partial charge in [0, 0.05) is 5.69 Å². The van der Waals surface area contributed by atoms with Crippen LogP contribution >= 0.6 is 0 Å². The Morgan fingerprint density at radius 1 is 1.00 bits per heavy atom. The van der Waals surface area contributed by atoms with Gasteiger partial charge in [-0.3, -0.25) is 0 Å². The molecule has 18 heavy (non-hydrogen) atoms. The summed E-state index contributed by atoms with van der Waals surface area (Å²) in [5.74, 6) is 0.792. The topological polar surface area (TPSA) is 26.0 Å². The molecule has 0 amide bonds. The number of nitrogens with two attached hydrogens (primary N) is 1. The van der Waals surface area contributed by atoms with Gasteiger partial charge in [-0.15, -0.1) is 0 Å². The van der Waals surface area contributed by atoms with E-state index in [1.165, 1.54) is 36.0 Å².